The number of aryl methyl sites for hydroxylation is 1. The highest BCUT2D eigenvalue weighted by atomic mass is 35.5. The van der Waals surface area contributed by atoms with Gasteiger partial charge in [-0.2, -0.15) is 0 Å². The molecule has 0 fully saturated rings. The van der Waals surface area contributed by atoms with Crippen molar-refractivity contribution >= 4 is 39.9 Å². The normalized spacial score (nSPS) is 16.6. The molecule has 0 unspecified atom stereocenters. The number of amides is 2. The second-order valence-electron chi connectivity index (χ2n) is 6.85. The van der Waals surface area contributed by atoms with Gasteiger partial charge in [0.1, 0.15) is 17.6 Å². The third kappa shape index (κ3) is 6.13. The van der Waals surface area contributed by atoms with E-state index in [-0.39, 0.29) is 23.5 Å². The van der Waals surface area contributed by atoms with Gasteiger partial charge in [-0.25, -0.2) is 0 Å². The average Bonchev–Trinajstić information content (AvgIpc) is 2.69. The number of carbonyl (C=O) groups excluding carboxylic acids is 2. The number of anilines is 1. The van der Waals surface area contributed by atoms with E-state index in [2.05, 4.69) is 16.7 Å². The Kier molecular flexibility index (Phi) is 7.41. The first kappa shape index (κ1) is 21.5. The number of rotatable bonds is 7. The molecule has 0 aliphatic carbocycles. The number of halogens is 1. The predicted octanol–water partition coefficient (Wildman–Crippen LogP) is 2.77. The molecule has 29 heavy (non-hydrogen) atoms. The third-order valence-corrected chi connectivity index (χ3v) is 6.19. The molecule has 0 spiro atoms. The van der Waals surface area contributed by atoms with Crippen LogP contribution in [0, 0.1) is 6.92 Å². The van der Waals surface area contributed by atoms with Crippen molar-refractivity contribution in [1.29, 1.82) is 0 Å². The van der Waals surface area contributed by atoms with Crippen LogP contribution in [0.2, 0.25) is 5.02 Å². The Labute approximate surface area is 177 Å². The molecule has 154 valence electrons. The summed E-state index contributed by atoms with van der Waals surface area (Å²) in [5.74, 6) is -1.31. The first-order valence-corrected chi connectivity index (χ1v) is 11.2. The summed E-state index contributed by atoms with van der Waals surface area (Å²) in [6, 6.07) is 13.1. The largest absolute Gasteiger partial charge is 0.371 e. The summed E-state index contributed by atoms with van der Waals surface area (Å²) in [5, 5.41) is 5.93. The van der Waals surface area contributed by atoms with Gasteiger partial charge in [0.25, 0.3) is 0 Å². The molecule has 1 aliphatic rings. The summed E-state index contributed by atoms with van der Waals surface area (Å²) in [5.41, 5.74) is 3.71. The fourth-order valence-electron chi connectivity index (χ4n) is 3.11. The number of hydrogen-bond acceptors (Lipinski definition) is 4. The zero-order valence-electron chi connectivity index (χ0n) is 16.1. The topological polar surface area (TPSA) is 84.5 Å². The standard InChI is InChI=1S/C21H23ClN2O4S/c1-14-6-7-16(10-18(14)22)24-21(26)13-29(27)12-20(25)23-11-19-17-5-3-2-4-15(17)8-9-28-19/h2-7,10,19H,8-9,11-13H2,1H3,(H,23,25)(H,24,26)/t19-,29+/m0/s1. The monoisotopic (exact) mass is 434 g/mol. The summed E-state index contributed by atoms with van der Waals surface area (Å²) in [6.07, 6.45) is 0.637. The van der Waals surface area contributed by atoms with Crippen LogP contribution in [0.4, 0.5) is 5.69 Å². The quantitative estimate of drug-likeness (QED) is 0.701. The van der Waals surface area contributed by atoms with E-state index in [1.807, 2.05) is 25.1 Å². The highest BCUT2D eigenvalue weighted by Crippen LogP contribution is 2.26. The van der Waals surface area contributed by atoms with Gasteiger partial charge in [-0.05, 0) is 42.2 Å². The maximum absolute atomic E-state index is 12.2. The van der Waals surface area contributed by atoms with Crippen LogP contribution in [0.3, 0.4) is 0 Å². The predicted molar refractivity (Wildman–Crippen MR) is 115 cm³/mol. The van der Waals surface area contributed by atoms with Crippen molar-refractivity contribution in [2.24, 2.45) is 0 Å². The number of hydrogen-bond donors (Lipinski definition) is 2. The van der Waals surface area contributed by atoms with Gasteiger partial charge < -0.3 is 15.4 Å². The van der Waals surface area contributed by atoms with E-state index in [9.17, 15) is 13.8 Å². The lowest BCUT2D eigenvalue weighted by molar-refractivity contribution is -0.119. The minimum atomic E-state index is -1.61. The highest BCUT2D eigenvalue weighted by molar-refractivity contribution is 7.86. The maximum Gasteiger partial charge on any atom is 0.237 e. The fraction of sp³-hybridized carbons (Fsp3) is 0.333. The molecule has 2 amide bonds. The van der Waals surface area contributed by atoms with E-state index in [0.717, 1.165) is 17.5 Å². The lowest BCUT2D eigenvalue weighted by Gasteiger charge is -2.26. The van der Waals surface area contributed by atoms with Crippen molar-refractivity contribution in [3.8, 4) is 0 Å². The average molecular weight is 435 g/mol. The SMILES string of the molecule is Cc1ccc(NC(=O)C[S@](=O)CC(=O)NC[C@@H]2OCCc3ccccc32)cc1Cl. The number of ether oxygens (including phenoxy) is 1. The molecule has 2 aromatic rings. The summed E-state index contributed by atoms with van der Waals surface area (Å²) in [7, 11) is -1.61. The molecule has 1 heterocycles. The Bertz CT molecular complexity index is 935. The zero-order chi connectivity index (χ0) is 20.8. The Balaban J connectivity index is 1.44. The second kappa shape index (κ2) is 10.0. The van der Waals surface area contributed by atoms with Gasteiger partial charge in [0, 0.05) is 28.1 Å². The summed E-state index contributed by atoms with van der Waals surface area (Å²) in [4.78, 5) is 24.2. The van der Waals surface area contributed by atoms with Gasteiger partial charge in [0.15, 0.2) is 0 Å². The van der Waals surface area contributed by atoms with Crippen LogP contribution in [0.15, 0.2) is 42.5 Å². The lowest BCUT2D eigenvalue weighted by atomic mass is 9.97. The Hall–Kier alpha value is -2.22. The first-order valence-electron chi connectivity index (χ1n) is 9.29. The maximum atomic E-state index is 12.2. The molecule has 8 heteroatoms. The Morgan fingerprint density at radius 3 is 2.72 bits per heavy atom. The van der Waals surface area contributed by atoms with Crippen molar-refractivity contribution in [2.45, 2.75) is 19.4 Å². The third-order valence-electron chi connectivity index (χ3n) is 4.62. The van der Waals surface area contributed by atoms with Crippen LogP contribution >= 0.6 is 11.6 Å². The molecule has 0 aromatic heterocycles. The first-order chi connectivity index (χ1) is 13.9. The summed E-state index contributed by atoms with van der Waals surface area (Å²) >= 11 is 6.03. The van der Waals surface area contributed by atoms with Gasteiger partial charge in [-0.3, -0.25) is 13.8 Å². The van der Waals surface area contributed by atoms with Crippen molar-refractivity contribution in [3.63, 3.8) is 0 Å². The van der Waals surface area contributed by atoms with Crippen molar-refractivity contribution in [2.75, 3.05) is 30.0 Å². The van der Waals surface area contributed by atoms with Crippen molar-refractivity contribution in [3.05, 3.63) is 64.2 Å². The molecular formula is C21H23ClN2O4S. The van der Waals surface area contributed by atoms with E-state index in [1.165, 1.54) is 5.56 Å². The van der Waals surface area contributed by atoms with E-state index in [1.54, 1.807) is 18.2 Å². The van der Waals surface area contributed by atoms with Crippen LogP contribution in [-0.4, -0.2) is 40.7 Å². The molecule has 2 atom stereocenters. The fourth-order valence-corrected chi connectivity index (χ4v) is 4.16. The lowest BCUT2D eigenvalue weighted by Crippen LogP contribution is -2.35. The van der Waals surface area contributed by atoms with Crippen molar-refractivity contribution < 1.29 is 18.5 Å². The molecular weight excluding hydrogens is 412 g/mol. The molecule has 0 radical (unpaired) electrons. The van der Waals surface area contributed by atoms with Gasteiger partial charge in [-0.1, -0.05) is 41.9 Å². The Morgan fingerprint density at radius 1 is 1.17 bits per heavy atom. The summed E-state index contributed by atoms with van der Waals surface area (Å²) in [6.45, 7) is 2.77. The van der Waals surface area contributed by atoms with Gasteiger partial charge in [-0.15, -0.1) is 0 Å². The molecule has 2 aromatic carbocycles. The molecule has 6 nitrogen and oxygen atoms in total. The minimum Gasteiger partial charge on any atom is -0.371 e. The molecule has 0 bridgehead atoms. The van der Waals surface area contributed by atoms with Crippen molar-refractivity contribution in [1.82, 2.24) is 5.32 Å². The van der Waals surface area contributed by atoms with Crippen LogP contribution in [-0.2, 0) is 31.5 Å². The van der Waals surface area contributed by atoms with Gasteiger partial charge >= 0.3 is 0 Å². The van der Waals surface area contributed by atoms with Gasteiger partial charge in [0.05, 0.1) is 6.61 Å². The van der Waals surface area contributed by atoms with Crippen LogP contribution < -0.4 is 10.6 Å². The van der Waals surface area contributed by atoms with Gasteiger partial charge in [0.2, 0.25) is 11.8 Å². The van der Waals surface area contributed by atoms with E-state index < -0.39 is 16.7 Å². The second-order valence-corrected chi connectivity index (χ2v) is 8.72. The molecule has 0 saturated heterocycles. The number of fused-ring (bicyclic) bond motifs is 1. The Morgan fingerprint density at radius 2 is 1.93 bits per heavy atom. The molecule has 2 N–H and O–H groups in total. The minimum absolute atomic E-state index is 0.216. The number of benzene rings is 2. The molecule has 3 rings (SSSR count). The zero-order valence-corrected chi connectivity index (χ0v) is 17.6. The number of nitrogens with one attached hydrogen (secondary N) is 2. The molecule has 1 aliphatic heterocycles. The smallest absolute Gasteiger partial charge is 0.237 e. The van der Waals surface area contributed by atoms with E-state index in [4.69, 9.17) is 16.3 Å². The van der Waals surface area contributed by atoms with Crippen LogP contribution in [0.1, 0.15) is 22.8 Å². The number of carbonyl (C=O) groups is 2. The molecule has 0 saturated carbocycles. The van der Waals surface area contributed by atoms with E-state index >= 15 is 0 Å². The van der Waals surface area contributed by atoms with E-state index in [0.29, 0.717) is 23.9 Å². The summed E-state index contributed by atoms with van der Waals surface area (Å²) < 4.78 is 17.9. The van der Waals surface area contributed by atoms with Crippen LogP contribution in [0.5, 0.6) is 0 Å². The highest BCUT2D eigenvalue weighted by Gasteiger charge is 2.21. The van der Waals surface area contributed by atoms with Crippen LogP contribution in [0.25, 0.3) is 0 Å².